The van der Waals surface area contributed by atoms with Gasteiger partial charge in [-0.15, -0.1) is 0 Å². The molecule has 1 aliphatic rings. The van der Waals surface area contributed by atoms with Gasteiger partial charge in [-0.3, -0.25) is 4.79 Å². The maximum Gasteiger partial charge on any atom is 0.269 e. The summed E-state index contributed by atoms with van der Waals surface area (Å²) in [6.45, 7) is 5.98. The number of nitrogens with zero attached hydrogens (tertiary/aromatic N) is 1. The van der Waals surface area contributed by atoms with Crippen molar-refractivity contribution in [1.29, 1.82) is 0 Å². The molecule has 18 heavy (non-hydrogen) atoms. The van der Waals surface area contributed by atoms with E-state index in [1.807, 2.05) is 6.07 Å². The molecule has 0 aliphatic heterocycles. The molecule has 0 aromatic carbocycles. The second-order valence-corrected chi connectivity index (χ2v) is 5.35. The molecule has 1 heterocycles. The maximum atomic E-state index is 11.9. The van der Waals surface area contributed by atoms with Crippen molar-refractivity contribution in [1.82, 2.24) is 10.3 Å². The lowest BCUT2D eigenvalue weighted by molar-refractivity contribution is 0.0941. The third-order valence-electron chi connectivity index (χ3n) is 3.35. The van der Waals surface area contributed by atoms with E-state index < -0.39 is 0 Å². The fourth-order valence-electron chi connectivity index (χ4n) is 1.68. The van der Waals surface area contributed by atoms with Crippen LogP contribution in [0.5, 0.6) is 0 Å². The van der Waals surface area contributed by atoms with E-state index in [-0.39, 0.29) is 5.91 Å². The summed E-state index contributed by atoms with van der Waals surface area (Å²) in [4.78, 5) is 16.0. The number of pyridine rings is 1. The maximum absolute atomic E-state index is 11.9. The zero-order valence-corrected chi connectivity index (χ0v) is 11.1. The molecule has 4 nitrogen and oxygen atoms in total. The molecule has 0 bridgehead atoms. The van der Waals surface area contributed by atoms with Crippen LogP contribution in [0, 0.1) is 5.41 Å². The topological polar surface area (TPSA) is 54.0 Å². The normalized spacial score (nSPS) is 16.1. The predicted octanol–water partition coefficient (Wildman–Crippen LogP) is 2.43. The molecular formula is C14H21N3O. The largest absolute Gasteiger partial charge is 0.384 e. The fourth-order valence-corrected chi connectivity index (χ4v) is 1.68. The van der Waals surface area contributed by atoms with Crippen molar-refractivity contribution in [3.05, 3.63) is 24.0 Å². The highest BCUT2D eigenvalue weighted by atomic mass is 16.1. The Morgan fingerprint density at radius 1 is 1.44 bits per heavy atom. The predicted molar refractivity (Wildman–Crippen MR) is 72.7 cm³/mol. The number of nitrogens with one attached hydrogen (secondary N) is 2. The lowest BCUT2D eigenvalue weighted by Gasteiger charge is -2.10. The first-order valence-electron chi connectivity index (χ1n) is 6.61. The van der Waals surface area contributed by atoms with Crippen LogP contribution in [-0.4, -0.2) is 24.0 Å². The van der Waals surface area contributed by atoms with Crippen LogP contribution in [0.1, 0.15) is 43.6 Å². The highest BCUT2D eigenvalue weighted by Gasteiger charge is 2.37. The van der Waals surface area contributed by atoms with Crippen LogP contribution in [0.2, 0.25) is 0 Å². The van der Waals surface area contributed by atoms with E-state index in [4.69, 9.17) is 0 Å². The zero-order valence-electron chi connectivity index (χ0n) is 11.1. The van der Waals surface area contributed by atoms with Gasteiger partial charge in [0.05, 0.1) is 11.9 Å². The fraction of sp³-hybridized carbons (Fsp3) is 0.571. The Balaban J connectivity index is 1.85. The van der Waals surface area contributed by atoms with Crippen molar-refractivity contribution >= 4 is 11.6 Å². The smallest absolute Gasteiger partial charge is 0.269 e. The molecule has 4 heteroatoms. The lowest BCUT2D eigenvalue weighted by atomic mass is 10.1. The average molecular weight is 247 g/mol. The summed E-state index contributed by atoms with van der Waals surface area (Å²) in [5.74, 6) is -0.0785. The number of aromatic nitrogens is 1. The van der Waals surface area contributed by atoms with Crippen LogP contribution in [0.4, 0.5) is 5.69 Å². The van der Waals surface area contributed by atoms with Gasteiger partial charge < -0.3 is 10.6 Å². The molecule has 0 unspecified atom stereocenters. The molecule has 1 aromatic heterocycles. The molecule has 0 atom stereocenters. The highest BCUT2D eigenvalue weighted by Crippen LogP contribution is 2.44. The van der Waals surface area contributed by atoms with Crippen molar-refractivity contribution in [3.63, 3.8) is 0 Å². The molecular weight excluding hydrogens is 226 g/mol. The van der Waals surface area contributed by atoms with Crippen LogP contribution >= 0.6 is 0 Å². The van der Waals surface area contributed by atoms with Crippen molar-refractivity contribution in [3.8, 4) is 0 Å². The molecule has 0 radical (unpaired) electrons. The molecule has 0 spiro atoms. The van der Waals surface area contributed by atoms with E-state index in [0.29, 0.717) is 11.1 Å². The number of hydrogen-bond acceptors (Lipinski definition) is 3. The van der Waals surface area contributed by atoms with E-state index >= 15 is 0 Å². The third-order valence-corrected chi connectivity index (χ3v) is 3.35. The molecule has 1 amide bonds. The summed E-state index contributed by atoms with van der Waals surface area (Å²) in [5.41, 5.74) is 1.78. The van der Waals surface area contributed by atoms with E-state index in [1.54, 1.807) is 12.3 Å². The van der Waals surface area contributed by atoms with Gasteiger partial charge in [0.1, 0.15) is 5.69 Å². The van der Waals surface area contributed by atoms with Crippen LogP contribution in [0.25, 0.3) is 0 Å². The molecule has 98 valence electrons. The quantitative estimate of drug-likeness (QED) is 0.811. The second kappa shape index (κ2) is 5.38. The van der Waals surface area contributed by atoms with E-state index in [1.165, 1.54) is 12.8 Å². The molecule has 1 fully saturated rings. The molecule has 2 rings (SSSR count). The van der Waals surface area contributed by atoms with Crippen molar-refractivity contribution < 1.29 is 4.79 Å². The van der Waals surface area contributed by atoms with Crippen LogP contribution in [0.15, 0.2) is 18.3 Å². The summed E-state index contributed by atoms with van der Waals surface area (Å²) in [6, 6.07) is 3.67. The first kappa shape index (κ1) is 12.9. The Hall–Kier alpha value is -1.58. The monoisotopic (exact) mass is 247 g/mol. The van der Waals surface area contributed by atoms with Gasteiger partial charge in [0.15, 0.2) is 0 Å². The summed E-state index contributed by atoms with van der Waals surface area (Å²) in [7, 11) is 0. The Morgan fingerprint density at radius 2 is 2.22 bits per heavy atom. The van der Waals surface area contributed by atoms with Gasteiger partial charge in [0.25, 0.3) is 5.91 Å². The second-order valence-electron chi connectivity index (χ2n) is 5.35. The summed E-state index contributed by atoms with van der Waals surface area (Å²) in [5, 5.41) is 6.17. The molecule has 1 aliphatic carbocycles. The van der Waals surface area contributed by atoms with Gasteiger partial charge in [-0.2, -0.15) is 0 Å². The van der Waals surface area contributed by atoms with Gasteiger partial charge >= 0.3 is 0 Å². The van der Waals surface area contributed by atoms with Crippen LogP contribution in [0.3, 0.4) is 0 Å². The molecule has 1 aromatic rings. The van der Waals surface area contributed by atoms with Crippen molar-refractivity contribution in [2.75, 3.05) is 18.4 Å². The van der Waals surface area contributed by atoms with E-state index in [9.17, 15) is 4.79 Å². The zero-order chi connectivity index (χ0) is 13.0. The minimum absolute atomic E-state index is 0.0785. The van der Waals surface area contributed by atoms with E-state index in [0.717, 1.165) is 25.2 Å². The molecule has 1 saturated carbocycles. The third kappa shape index (κ3) is 3.45. The van der Waals surface area contributed by atoms with Crippen molar-refractivity contribution in [2.45, 2.75) is 33.1 Å². The number of hydrogen-bond donors (Lipinski definition) is 2. The van der Waals surface area contributed by atoms with Gasteiger partial charge in [0, 0.05) is 13.1 Å². The standard InChI is InChI=1S/C14H21N3O/c1-3-8-15-11-4-5-12(16-9-11)13(18)17-10-14(2)6-7-14/h4-5,9,15H,3,6-8,10H2,1-2H3,(H,17,18). The Labute approximate surface area is 108 Å². The SMILES string of the molecule is CCCNc1ccc(C(=O)NCC2(C)CC2)nc1. The van der Waals surface area contributed by atoms with Gasteiger partial charge in [-0.05, 0) is 36.8 Å². The summed E-state index contributed by atoms with van der Waals surface area (Å²) >= 11 is 0. The number of carbonyl (C=O) groups excluding carboxylic acids is 1. The molecule has 2 N–H and O–H groups in total. The lowest BCUT2D eigenvalue weighted by Crippen LogP contribution is -2.29. The first-order valence-corrected chi connectivity index (χ1v) is 6.61. The molecule has 0 saturated heterocycles. The van der Waals surface area contributed by atoms with Gasteiger partial charge in [0.2, 0.25) is 0 Å². The van der Waals surface area contributed by atoms with Crippen molar-refractivity contribution in [2.24, 2.45) is 5.41 Å². The Kier molecular flexibility index (Phi) is 3.84. The summed E-state index contributed by atoms with van der Waals surface area (Å²) < 4.78 is 0. The number of carbonyl (C=O) groups is 1. The average Bonchev–Trinajstić information content (AvgIpc) is 3.13. The number of rotatable bonds is 6. The first-order chi connectivity index (χ1) is 8.63. The highest BCUT2D eigenvalue weighted by molar-refractivity contribution is 5.92. The number of amides is 1. The Morgan fingerprint density at radius 3 is 2.78 bits per heavy atom. The Bertz CT molecular complexity index is 410. The van der Waals surface area contributed by atoms with Crippen LogP contribution in [-0.2, 0) is 0 Å². The summed E-state index contributed by atoms with van der Waals surface area (Å²) in [6.07, 6.45) is 5.20. The van der Waals surface area contributed by atoms with Crippen LogP contribution < -0.4 is 10.6 Å². The van der Waals surface area contributed by atoms with E-state index in [2.05, 4.69) is 29.5 Å². The minimum atomic E-state index is -0.0785. The van der Waals surface area contributed by atoms with Gasteiger partial charge in [-0.1, -0.05) is 13.8 Å². The van der Waals surface area contributed by atoms with Gasteiger partial charge in [-0.25, -0.2) is 4.98 Å². The number of anilines is 1. The minimum Gasteiger partial charge on any atom is -0.384 e.